The lowest BCUT2D eigenvalue weighted by molar-refractivity contribution is -0.161. The van der Waals surface area contributed by atoms with Crippen molar-refractivity contribution in [3.63, 3.8) is 0 Å². The number of ether oxygens (including phenoxy) is 4. The van der Waals surface area contributed by atoms with E-state index in [4.69, 9.17) is 37.0 Å². The fourth-order valence-electron chi connectivity index (χ4n) is 11.4. The van der Waals surface area contributed by atoms with Crippen LogP contribution in [0.1, 0.15) is 376 Å². The van der Waals surface area contributed by atoms with Crippen molar-refractivity contribution in [1.29, 1.82) is 0 Å². The Morgan fingerprint density at radius 3 is 0.660 bits per heavy atom. The molecular weight excluding hydrogens is 1230 g/mol. The Kier molecular flexibility index (Phi) is 63.1. The maximum Gasteiger partial charge on any atom is 0.472 e. The number of rotatable bonds is 72. The summed E-state index contributed by atoms with van der Waals surface area (Å²) in [6.07, 6.45) is 48.6. The Hall–Kier alpha value is -1.94. The summed E-state index contributed by atoms with van der Waals surface area (Å²) in [5.41, 5.74) is 0. The molecule has 0 saturated carbocycles. The molecule has 0 aliphatic heterocycles. The number of aliphatic hydroxyl groups excluding tert-OH is 1. The van der Waals surface area contributed by atoms with Crippen LogP contribution in [-0.2, 0) is 65.4 Å². The number of carbonyl (C=O) groups is 4. The van der Waals surface area contributed by atoms with Crippen LogP contribution in [0, 0.1) is 23.7 Å². The van der Waals surface area contributed by atoms with Gasteiger partial charge in [0.1, 0.15) is 19.3 Å². The van der Waals surface area contributed by atoms with Gasteiger partial charge in [0.25, 0.3) is 0 Å². The zero-order valence-corrected chi connectivity index (χ0v) is 63.4. The molecule has 19 heteroatoms. The molecule has 94 heavy (non-hydrogen) atoms. The molecule has 0 fully saturated rings. The third-order valence-electron chi connectivity index (χ3n) is 17.3. The van der Waals surface area contributed by atoms with E-state index >= 15 is 0 Å². The van der Waals surface area contributed by atoms with Crippen molar-refractivity contribution in [2.75, 3.05) is 39.6 Å². The molecule has 0 aliphatic rings. The third kappa shape index (κ3) is 68.6. The summed E-state index contributed by atoms with van der Waals surface area (Å²) in [6.45, 7) is 14.2. The second-order valence-corrected chi connectivity index (χ2v) is 31.9. The molecule has 17 nitrogen and oxygen atoms in total. The average Bonchev–Trinajstić information content (AvgIpc) is 1.59. The molecule has 558 valence electrons. The van der Waals surface area contributed by atoms with E-state index in [2.05, 4.69) is 55.4 Å². The molecule has 0 heterocycles. The molecule has 3 unspecified atom stereocenters. The van der Waals surface area contributed by atoms with Crippen LogP contribution in [0.15, 0.2) is 0 Å². The number of esters is 4. The van der Waals surface area contributed by atoms with Crippen molar-refractivity contribution in [2.24, 2.45) is 23.7 Å². The Labute approximate surface area is 575 Å². The molecule has 0 rings (SSSR count). The van der Waals surface area contributed by atoms with Crippen molar-refractivity contribution in [3.8, 4) is 0 Å². The highest BCUT2D eigenvalue weighted by Gasteiger charge is 2.30. The Balaban J connectivity index is 5.25. The average molecular weight is 1380 g/mol. The highest BCUT2D eigenvalue weighted by Crippen LogP contribution is 2.45. The standard InChI is InChI=1S/C75H146O17P2/c1-65(2)51-43-35-27-19-15-11-9-13-17-21-31-39-47-55-72(77)85-61-70(91-74(79)57-49-41-33-22-18-14-10-12-16-20-28-36-44-52-66(3)4)63-89-93(81,82)87-59-69(76)60-88-94(83,84)90-64-71(92-75(80)58-50-42-34-26-24-30-38-46-54-68(7)8)62-86-73(78)56-48-40-32-25-23-29-37-45-53-67(5)6/h65-71,76H,9-64H2,1-8H3,(H,81,82)(H,83,84)/t69?,70-,71-/m1/s1. The lowest BCUT2D eigenvalue weighted by Gasteiger charge is -2.21. The molecule has 0 amide bonds. The number of phosphoric acid groups is 2. The SMILES string of the molecule is CC(C)CCCCCCCCCCCCCCCC(=O)OC[C@H](COP(=O)(O)OCC(O)COP(=O)(O)OC[C@@H](COC(=O)CCCCCCCCCCC(C)C)OC(=O)CCCCCCCCCCC(C)C)OC(=O)CCCCCCCCCCCCCCCC(C)C. The molecule has 0 bridgehead atoms. The minimum absolute atomic E-state index is 0.104. The first-order valence-corrected chi connectivity index (χ1v) is 41.7. The zero-order chi connectivity index (χ0) is 69.6. The quantitative estimate of drug-likeness (QED) is 0.0222. The summed E-state index contributed by atoms with van der Waals surface area (Å²) < 4.78 is 68.5. The summed E-state index contributed by atoms with van der Waals surface area (Å²) in [6, 6.07) is 0. The highest BCUT2D eigenvalue weighted by molar-refractivity contribution is 7.47. The highest BCUT2D eigenvalue weighted by atomic mass is 31.2. The second kappa shape index (κ2) is 64.4. The van der Waals surface area contributed by atoms with E-state index in [1.165, 1.54) is 180 Å². The van der Waals surface area contributed by atoms with Gasteiger partial charge in [-0.25, -0.2) is 9.13 Å². The summed E-state index contributed by atoms with van der Waals surface area (Å²) >= 11 is 0. The molecule has 0 saturated heterocycles. The fourth-order valence-corrected chi connectivity index (χ4v) is 13.0. The molecule has 5 atom stereocenters. The van der Waals surface area contributed by atoms with Gasteiger partial charge in [0.05, 0.1) is 26.4 Å². The van der Waals surface area contributed by atoms with Crippen molar-refractivity contribution >= 4 is 39.5 Å². The van der Waals surface area contributed by atoms with Gasteiger partial charge in [-0.3, -0.25) is 37.3 Å². The summed E-state index contributed by atoms with van der Waals surface area (Å²) in [7, 11) is -9.91. The van der Waals surface area contributed by atoms with Crippen molar-refractivity contribution in [3.05, 3.63) is 0 Å². The first kappa shape index (κ1) is 92.1. The number of phosphoric ester groups is 2. The van der Waals surface area contributed by atoms with Crippen molar-refractivity contribution < 1.29 is 80.2 Å². The normalized spacial score (nSPS) is 14.2. The van der Waals surface area contributed by atoms with E-state index < -0.39 is 97.5 Å². The van der Waals surface area contributed by atoms with Crippen LogP contribution < -0.4 is 0 Å². The van der Waals surface area contributed by atoms with E-state index in [-0.39, 0.29) is 25.7 Å². The van der Waals surface area contributed by atoms with E-state index in [1.807, 2.05) is 0 Å². The van der Waals surface area contributed by atoms with Gasteiger partial charge < -0.3 is 33.8 Å². The summed E-state index contributed by atoms with van der Waals surface area (Å²) in [4.78, 5) is 72.8. The smallest absolute Gasteiger partial charge is 0.462 e. The topological polar surface area (TPSA) is 237 Å². The van der Waals surface area contributed by atoms with Gasteiger partial charge in [-0.1, -0.05) is 325 Å². The van der Waals surface area contributed by atoms with Crippen LogP contribution >= 0.6 is 15.6 Å². The second-order valence-electron chi connectivity index (χ2n) is 28.9. The van der Waals surface area contributed by atoms with E-state index in [9.17, 15) is 43.2 Å². The molecule has 0 spiro atoms. The molecule has 0 aromatic rings. The molecule has 3 N–H and O–H groups in total. The van der Waals surface area contributed by atoms with Gasteiger partial charge in [-0.2, -0.15) is 0 Å². The minimum Gasteiger partial charge on any atom is -0.462 e. The van der Waals surface area contributed by atoms with E-state index in [0.29, 0.717) is 25.7 Å². The summed E-state index contributed by atoms with van der Waals surface area (Å²) in [5, 5.41) is 10.6. The molecule has 0 aromatic heterocycles. The molecular formula is C75H146O17P2. The number of unbranched alkanes of at least 4 members (excludes halogenated alkanes) is 38. The van der Waals surface area contributed by atoms with Crippen LogP contribution in [-0.4, -0.2) is 96.7 Å². The number of aliphatic hydroxyl groups is 1. The van der Waals surface area contributed by atoms with Gasteiger partial charge >= 0.3 is 39.5 Å². The first-order valence-electron chi connectivity index (χ1n) is 38.7. The van der Waals surface area contributed by atoms with Crippen LogP contribution in [0.3, 0.4) is 0 Å². The minimum atomic E-state index is -4.96. The third-order valence-corrected chi connectivity index (χ3v) is 19.2. The lowest BCUT2D eigenvalue weighted by Crippen LogP contribution is -2.30. The fraction of sp³-hybridized carbons (Fsp3) is 0.947. The molecule has 0 radical (unpaired) electrons. The van der Waals surface area contributed by atoms with Gasteiger partial charge in [-0.15, -0.1) is 0 Å². The van der Waals surface area contributed by atoms with Crippen molar-refractivity contribution in [1.82, 2.24) is 0 Å². The molecule has 0 aliphatic carbocycles. The maximum atomic E-state index is 13.1. The largest absolute Gasteiger partial charge is 0.472 e. The Morgan fingerprint density at radius 1 is 0.266 bits per heavy atom. The predicted molar refractivity (Wildman–Crippen MR) is 381 cm³/mol. The summed E-state index contributed by atoms with van der Waals surface area (Å²) in [5.74, 6) is 0.899. The van der Waals surface area contributed by atoms with Gasteiger partial charge in [-0.05, 0) is 49.4 Å². The van der Waals surface area contributed by atoms with Crippen molar-refractivity contribution in [2.45, 2.75) is 395 Å². The van der Waals surface area contributed by atoms with Gasteiger partial charge in [0, 0.05) is 25.7 Å². The van der Waals surface area contributed by atoms with Crippen LogP contribution in [0.25, 0.3) is 0 Å². The lowest BCUT2D eigenvalue weighted by atomic mass is 10.0. The van der Waals surface area contributed by atoms with Gasteiger partial charge in [0.2, 0.25) is 0 Å². The predicted octanol–water partition coefficient (Wildman–Crippen LogP) is 21.7. The van der Waals surface area contributed by atoms with E-state index in [1.54, 1.807) is 0 Å². The monoisotopic (exact) mass is 1380 g/mol. The van der Waals surface area contributed by atoms with Crippen LogP contribution in [0.4, 0.5) is 0 Å². The first-order chi connectivity index (χ1) is 45.1. The van der Waals surface area contributed by atoms with Crippen LogP contribution in [0.2, 0.25) is 0 Å². The number of hydrogen-bond donors (Lipinski definition) is 3. The zero-order valence-electron chi connectivity index (χ0n) is 61.6. The Bertz CT molecular complexity index is 1850. The van der Waals surface area contributed by atoms with E-state index in [0.717, 1.165) is 114 Å². The van der Waals surface area contributed by atoms with Gasteiger partial charge in [0.15, 0.2) is 12.2 Å². The number of hydrogen-bond acceptors (Lipinski definition) is 15. The maximum absolute atomic E-state index is 13.1. The number of carbonyl (C=O) groups excluding carboxylic acids is 4. The van der Waals surface area contributed by atoms with Crippen LogP contribution in [0.5, 0.6) is 0 Å². The molecule has 0 aromatic carbocycles. The Morgan fingerprint density at radius 2 is 0.447 bits per heavy atom.